The Morgan fingerprint density at radius 1 is 1.12 bits per heavy atom. The molecule has 182 valence electrons. The van der Waals surface area contributed by atoms with E-state index in [2.05, 4.69) is 61.2 Å². The molecule has 2 N–H and O–H groups in total. The van der Waals surface area contributed by atoms with E-state index in [1.54, 1.807) is 0 Å². The van der Waals surface area contributed by atoms with Crippen LogP contribution in [0.25, 0.3) is 0 Å². The van der Waals surface area contributed by atoms with Gasteiger partial charge in [-0.2, -0.15) is 0 Å². The number of hydrogen-bond acceptors (Lipinski definition) is 2. The topological polar surface area (TPSA) is 53.5 Å². The Bertz CT molecular complexity index is 997. The number of aliphatic imine (C=N–C) groups is 1. The van der Waals surface area contributed by atoms with E-state index in [0.717, 1.165) is 18.4 Å². The predicted octanol–water partition coefficient (Wildman–Crippen LogP) is 6.90. The Kier molecular flexibility index (Phi) is 11.0. The van der Waals surface area contributed by atoms with Crippen LogP contribution >= 0.6 is 11.6 Å². The maximum absolute atomic E-state index is 13.2. The van der Waals surface area contributed by atoms with Crippen LogP contribution in [0, 0.1) is 11.7 Å². The predicted molar refractivity (Wildman–Crippen MR) is 141 cm³/mol. The summed E-state index contributed by atoms with van der Waals surface area (Å²) in [7, 11) is 0. The summed E-state index contributed by atoms with van der Waals surface area (Å²) in [6.07, 6.45) is 5.83. The summed E-state index contributed by atoms with van der Waals surface area (Å²) in [5.74, 6) is 0.285. The van der Waals surface area contributed by atoms with Crippen molar-refractivity contribution in [3.8, 4) is 0 Å². The first-order valence-corrected chi connectivity index (χ1v) is 12.0. The molecule has 0 saturated heterocycles. The molecular formula is C28H35ClFN3O. The zero-order valence-corrected chi connectivity index (χ0v) is 21.2. The Morgan fingerprint density at radius 3 is 2.35 bits per heavy atom. The Balaban J connectivity index is 2.14. The quantitative estimate of drug-likeness (QED) is 0.219. The summed E-state index contributed by atoms with van der Waals surface area (Å²) in [5, 5.41) is 6.93. The number of nitrogens with one attached hydrogen (secondary N) is 2. The third kappa shape index (κ3) is 9.92. The summed E-state index contributed by atoms with van der Waals surface area (Å²) in [6, 6.07) is 13.4. The molecule has 0 aliphatic carbocycles. The first-order chi connectivity index (χ1) is 16.1. The average molecular weight is 484 g/mol. The Morgan fingerprint density at radius 2 is 1.76 bits per heavy atom. The van der Waals surface area contributed by atoms with E-state index in [0.29, 0.717) is 29.0 Å². The number of nitrogens with zero attached hydrogens (tertiary/aromatic N) is 1. The van der Waals surface area contributed by atoms with E-state index in [-0.39, 0.29) is 23.7 Å². The van der Waals surface area contributed by atoms with E-state index in [1.807, 2.05) is 25.1 Å². The van der Waals surface area contributed by atoms with Crippen LogP contribution < -0.4 is 10.6 Å². The summed E-state index contributed by atoms with van der Waals surface area (Å²) >= 11 is 6.09. The molecule has 2 atom stereocenters. The van der Waals surface area contributed by atoms with Crippen LogP contribution in [0.2, 0.25) is 5.02 Å². The van der Waals surface area contributed by atoms with Gasteiger partial charge in [-0.05, 0) is 80.5 Å². The van der Waals surface area contributed by atoms with Gasteiger partial charge < -0.3 is 5.32 Å². The van der Waals surface area contributed by atoms with Crippen molar-refractivity contribution < 1.29 is 9.18 Å². The van der Waals surface area contributed by atoms with Gasteiger partial charge in [0.1, 0.15) is 5.82 Å². The lowest BCUT2D eigenvalue weighted by Gasteiger charge is -2.23. The minimum absolute atomic E-state index is 0.0262. The number of amides is 1. The van der Waals surface area contributed by atoms with Crippen molar-refractivity contribution in [2.24, 2.45) is 10.9 Å². The summed E-state index contributed by atoms with van der Waals surface area (Å²) < 4.78 is 13.2. The molecule has 0 aromatic heterocycles. The van der Waals surface area contributed by atoms with E-state index < -0.39 is 0 Å². The number of halogens is 2. The van der Waals surface area contributed by atoms with Gasteiger partial charge in [0.05, 0.1) is 0 Å². The third-order valence-corrected chi connectivity index (χ3v) is 5.39. The molecule has 6 heteroatoms. The normalized spacial score (nSPS) is 13.7. The monoisotopic (exact) mass is 483 g/mol. The molecule has 2 aromatic rings. The van der Waals surface area contributed by atoms with Crippen LogP contribution in [0.15, 0.2) is 77.8 Å². The first kappa shape index (κ1) is 27.3. The maximum atomic E-state index is 13.2. The van der Waals surface area contributed by atoms with Crippen molar-refractivity contribution in [2.75, 3.05) is 6.54 Å². The number of allylic oxidation sites excluding steroid dienone is 3. The van der Waals surface area contributed by atoms with Gasteiger partial charge in [-0.25, -0.2) is 4.39 Å². The van der Waals surface area contributed by atoms with E-state index in [9.17, 15) is 9.18 Å². The molecule has 0 aliphatic rings. The number of hydrogen-bond donors (Lipinski definition) is 2. The molecule has 0 radical (unpaired) electrons. The van der Waals surface area contributed by atoms with Crippen LogP contribution in [0.4, 0.5) is 4.39 Å². The van der Waals surface area contributed by atoms with Crippen molar-refractivity contribution in [1.29, 1.82) is 0 Å². The smallest absolute Gasteiger partial charge is 0.257 e. The molecule has 4 nitrogen and oxygen atoms in total. The molecule has 2 aromatic carbocycles. The number of guanidine groups is 1. The molecule has 0 aliphatic heterocycles. The fraction of sp³-hybridized carbons (Fsp3) is 0.357. The molecule has 0 heterocycles. The van der Waals surface area contributed by atoms with Gasteiger partial charge in [-0.15, -0.1) is 0 Å². The molecule has 1 amide bonds. The molecule has 0 fully saturated rings. The number of carbonyl (C=O) groups excluding carboxylic acids is 1. The molecule has 0 spiro atoms. The SMILES string of the molecule is C=C(C)C=CCC(CC(C)NC(=NCC(C)C)NC(=O)c1ccc(F)cc1)c1ccc(Cl)cc1. The second-order valence-electron chi connectivity index (χ2n) is 9.06. The summed E-state index contributed by atoms with van der Waals surface area (Å²) in [4.78, 5) is 17.3. The fourth-order valence-corrected chi connectivity index (χ4v) is 3.56. The van der Waals surface area contributed by atoms with Gasteiger partial charge in [0, 0.05) is 23.2 Å². The van der Waals surface area contributed by atoms with Gasteiger partial charge in [-0.1, -0.05) is 61.9 Å². The number of rotatable bonds is 10. The Hall–Kier alpha value is -2.92. The zero-order chi connectivity index (χ0) is 25.1. The molecular weight excluding hydrogens is 449 g/mol. The van der Waals surface area contributed by atoms with Crippen LogP contribution in [0.5, 0.6) is 0 Å². The molecule has 34 heavy (non-hydrogen) atoms. The van der Waals surface area contributed by atoms with Crippen molar-refractivity contribution in [3.05, 3.63) is 94.8 Å². The number of carbonyl (C=O) groups is 1. The highest BCUT2D eigenvalue weighted by atomic mass is 35.5. The maximum Gasteiger partial charge on any atom is 0.257 e. The highest BCUT2D eigenvalue weighted by Gasteiger charge is 2.17. The Labute approximate surface area is 208 Å². The third-order valence-electron chi connectivity index (χ3n) is 5.14. The molecule has 0 bridgehead atoms. The molecule has 0 saturated carbocycles. The van der Waals surface area contributed by atoms with Crippen molar-refractivity contribution in [3.63, 3.8) is 0 Å². The van der Waals surface area contributed by atoms with Gasteiger partial charge >= 0.3 is 0 Å². The summed E-state index contributed by atoms with van der Waals surface area (Å²) in [5.41, 5.74) is 2.57. The highest BCUT2D eigenvalue weighted by Crippen LogP contribution is 2.27. The number of benzene rings is 2. The van der Waals surface area contributed by atoms with E-state index in [1.165, 1.54) is 29.8 Å². The molecule has 2 rings (SSSR count). The van der Waals surface area contributed by atoms with Crippen LogP contribution in [-0.2, 0) is 0 Å². The second-order valence-corrected chi connectivity index (χ2v) is 9.49. The average Bonchev–Trinajstić information content (AvgIpc) is 2.77. The largest absolute Gasteiger partial charge is 0.354 e. The lowest BCUT2D eigenvalue weighted by atomic mass is 9.89. The van der Waals surface area contributed by atoms with Crippen LogP contribution in [-0.4, -0.2) is 24.5 Å². The second kappa shape index (κ2) is 13.7. The fourth-order valence-electron chi connectivity index (χ4n) is 3.43. The zero-order valence-electron chi connectivity index (χ0n) is 20.4. The lowest BCUT2D eigenvalue weighted by molar-refractivity contribution is 0.0975. The minimum Gasteiger partial charge on any atom is -0.354 e. The van der Waals surface area contributed by atoms with Crippen molar-refractivity contribution >= 4 is 23.5 Å². The van der Waals surface area contributed by atoms with Crippen LogP contribution in [0.1, 0.15) is 62.4 Å². The van der Waals surface area contributed by atoms with Crippen molar-refractivity contribution in [1.82, 2.24) is 10.6 Å². The molecule has 2 unspecified atom stereocenters. The van der Waals surface area contributed by atoms with Crippen molar-refractivity contribution in [2.45, 2.75) is 52.5 Å². The minimum atomic E-state index is -0.383. The van der Waals surface area contributed by atoms with E-state index >= 15 is 0 Å². The van der Waals surface area contributed by atoms with Gasteiger partial charge in [0.2, 0.25) is 0 Å². The van der Waals surface area contributed by atoms with Gasteiger partial charge in [-0.3, -0.25) is 15.1 Å². The highest BCUT2D eigenvalue weighted by molar-refractivity contribution is 6.30. The summed E-state index contributed by atoms with van der Waals surface area (Å²) in [6.45, 7) is 12.7. The lowest BCUT2D eigenvalue weighted by Crippen LogP contribution is -2.45. The van der Waals surface area contributed by atoms with Crippen LogP contribution in [0.3, 0.4) is 0 Å². The van der Waals surface area contributed by atoms with Gasteiger partial charge in [0.25, 0.3) is 5.91 Å². The standard InChI is InChI=1S/C28H35ClFN3O/c1-19(2)7-6-8-24(22-9-13-25(29)14-10-22)17-21(5)32-28(31-18-20(3)4)33-27(34)23-11-15-26(30)16-12-23/h6-7,9-16,20-21,24H,1,8,17-18H2,2-5H3,(H2,31,32,33,34). The van der Waals surface area contributed by atoms with E-state index in [4.69, 9.17) is 11.6 Å². The van der Waals surface area contributed by atoms with Gasteiger partial charge in [0.15, 0.2) is 5.96 Å². The first-order valence-electron chi connectivity index (χ1n) is 11.6.